The van der Waals surface area contributed by atoms with Crippen molar-refractivity contribution in [3.63, 3.8) is 0 Å². The van der Waals surface area contributed by atoms with Gasteiger partial charge in [0, 0.05) is 11.4 Å². The third-order valence-corrected chi connectivity index (χ3v) is 4.18. The van der Waals surface area contributed by atoms with Crippen LogP contribution in [0.5, 0.6) is 0 Å². The van der Waals surface area contributed by atoms with Crippen LogP contribution in [0.25, 0.3) is 10.8 Å². The lowest BCUT2D eigenvalue weighted by molar-refractivity contribution is 0.424. The molecule has 0 aliphatic carbocycles. The largest absolute Gasteiger partial charge is 0.391 e. The van der Waals surface area contributed by atoms with E-state index in [4.69, 9.17) is 21.9 Å². The Labute approximate surface area is 125 Å². The van der Waals surface area contributed by atoms with Gasteiger partial charge in [0.2, 0.25) is 0 Å². The second-order valence-electron chi connectivity index (χ2n) is 4.48. The average Bonchev–Trinajstić information content (AvgIpc) is 2.99. The molecule has 6 heteroatoms. The van der Waals surface area contributed by atoms with Crippen LogP contribution in [0.1, 0.15) is 17.0 Å². The Bertz CT molecular complexity index is 733. The van der Waals surface area contributed by atoms with Gasteiger partial charge in [-0.25, -0.2) is 0 Å². The number of benzene rings is 1. The van der Waals surface area contributed by atoms with Crippen LogP contribution in [0.2, 0.25) is 5.02 Å². The van der Waals surface area contributed by atoms with Gasteiger partial charge in [-0.15, -0.1) is 11.3 Å². The van der Waals surface area contributed by atoms with Crippen molar-refractivity contribution in [2.24, 2.45) is 0 Å². The predicted octanol–water partition coefficient (Wildman–Crippen LogP) is 3.93. The highest BCUT2D eigenvalue weighted by Crippen LogP contribution is 2.32. The summed E-state index contributed by atoms with van der Waals surface area (Å²) in [6, 6.07) is 9.51. The lowest BCUT2D eigenvalue weighted by Crippen LogP contribution is -1.90. The fourth-order valence-corrected chi connectivity index (χ4v) is 2.91. The van der Waals surface area contributed by atoms with E-state index in [-0.39, 0.29) is 0 Å². The molecular formula is C14H12ClN3OS. The van der Waals surface area contributed by atoms with E-state index in [0.717, 1.165) is 21.0 Å². The number of aryl methyl sites for hydroxylation is 1. The molecule has 0 saturated carbocycles. The molecule has 0 atom stereocenters. The summed E-state index contributed by atoms with van der Waals surface area (Å²) >= 11 is 7.31. The second kappa shape index (κ2) is 5.26. The van der Waals surface area contributed by atoms with Crippen molar-refractivity contribution in [3.8, 4) is 10.8 Å². The number of anilines is 1. The summed E-state index contributed by atoms with van der Waals surface area (Å²) in [7, 11) is 0. The van der Waals surface area contributed by atoms with Crippen LogP contribution in [0.3, 0.4) is 0 Å². The minimum absolute atomic E-state index is 0.521. The molecule has 0 unspecified atom stereocenters. The smallest absolute Gasteiger partial charge is 0.268 e. The minimum Gasteiger partial charge on any atom is -0.391 e. The number of aromatic nitrogens is 2. The van der Waals surface area contributed by atoms with Gasteiger partial charge < -0.3 is 10.3 Å². The normalized spacial score (nSPS) is 10.9. The number of halogens is 1. The standard InChI is InChI=1S/C14H12ClN3OS/c1-8-6-11(16)20-13(8)14-17-12(18-19-14)7-9-2-4-10(15)5-3-9/h2-6H,7,16H2,1H3. The van der Waals surface area contributed by atoms with Gasteiger partial charge in [0.25, 0.3) is 5.89 Å². The molecule has 2 heterocycles. The first-order valence-corrected chi connectivity index (χ1v) is 7.24. The first-order chi connectivity index (χ1) is 9.61. The van der Waals surface area contributed by atoms with Crippen LogP contribution >= 0.6 is 22.9 Å². The van der Waals surface area contributed by atoms with E-state index in [1.54, 1.807) is 0 Å². The second-order valence-corrected chi connectivity index (χ2v) is 6.00. The van der Waals surface area contributed by atoms with Gasteiger partial charge >= 0.3 is 0 Å². The molecule has 0 amide bonds. The summed E-state index contributed by atoms with van der Waals surface area (Å²) in [5.41, 5.74) is 7.91. The molecule has 3 aromatic rings. The van der Waals surface area contributed by atoms with E-state index >= 15 is 0 Å². The fourth-order valence-electron chi connectivity index (χ4n) is 1.92. The number of thiophene rings is 1. The summed E-state index contributed by atoms with van der Waals surface area (Å²) in [4.78, 5) is 5.34. The summed E-state index contributed by atoms with van der Waals surface area (Å²) in [6.45, 7) is 1.98. The number of nitrogen functional groups attached to an aromatic ring is 1. The number of nitrogens with two attached hydrogens (primary N) is 1. The van der Waals surface area contributed by atoms with Crippen molar-refractivity contribution >= 4 is 27.9 Å². The maximum Gasteiger partial charge on any atom is 0.268 e. The molecule has 1 aromatic carbocycles. The molecule has 0 aliphatic rings. The highest BCUT2D eigenvalue weighted by atomic mass is 35.5. The number of rotatable bonds is 3. The Morgan fingerprint density at radius 2 is 2.05 bits per heavy atom. The van der Waals surface area contributed by atoms with E-state index in [9.17, 15) is 0 Å². The monoisotopic (exact) mass is 305 g/mol. The first-order valence-electron chi connectivity index (χ1n) is 6.05. The van der Waals surface area contributed by atoms with E-state index in [1.165, 1.54) is 11.3 Å². The first kappa shape index (κ1) is 13.1. The molecule has 0 spiro atoms. The summed E-state index contributed by atoms with van der Waals surface area (Å²) in [5, 5.41) is 5.47. The molecule has 102 valence electrons. The zero-order valence-corrected chi connectivity index (χ0v) is 12.3. The SMILES string of the molecule is Cc1cc(N)sc1-c1nc(Cc2ccc(Cl)cc2)no1. The molecule has 20 heavy (non-hydrogen) atoms. The third-order valence-electron chi connectivity index (χ3n) is 2.87. The molecule has 0 radical (unpaired) electrons. The Morgan fingerprint density at radius 3 is 2.70 bits per heavy atom. The molecule has 0 aliphatic heterocycles. The highest BCUT2D eigenvalue weighted by Gasteiger charge is 2.14. The van der Waals surface area contributed by atoms with Crippen LogP contribution in [-0.4, -0.2) is 10.1 Å². The Morgan fingerprint density at radius 1 is 1.30 bits per heavy atom. The summed E-state index contributed by atoms with van der Waals surface area (Å²) in [5.74, 6) is 1.17. The molecular weight excluding hydrogens is 294 g/mol. The molecule has 4 nitrogen and oxygen atoms in total. The molecule has 2 N–H and O–H groups in total. The van der Waals surface area contributed by atoms with Gasteiger partial charge in [-0.05, 0) is 36.2 Å². The Hall–Kier alpha value is -1.85. The maximum absolute atomic E-state index is 5.86. The van der Waals surface area contributed by atoms with Crippen molar-refractivity contribution in [2.45, 2.75) is 13.3 Å². The quantitative estimate of drug-likeness (QED) is 0.796. The zero-order chi connectivity index (χ0) is 14.1. The lowest BCUT2D eigenvalue weighted by atomic mass is 10.1. The predicted molar refractivity (Wildman–Crippen MR) is 81.0 cm³/mol. The van der Waals surface area contributed by atoms with Crippen molar-refractivity contribution in [2.75, 3.05) is 5.73 Å². The van der Waals surface area contributed by atoms with Gasteiger partial charge in [-0.3, -0.25) is 0 Å². The highest BCUT2D eigenvalue weighted by molar-refractivity contribution is 7.19. The van der Waals surface area contributed by atoms with Crippen molar-refractivity contribution in [3.05, 3.63) is 52.3 Å². The van der Waals surface area contributed by atoms with Crippen molar-refractivity contribution < 1.29 is 4.52 Å². The molecule has 0 bridgehead atoms. The number of hydrogen-bond acceptors (Lipinski definition) is 5. The van der Waals surface area contributed by atoms with Gasteiger partial charge in [-0.1, -0.05) is 28.9 Å². The van der Waals surface area contributed by atoms with E-state index < -0.39 is 0 Å². The van der Waals surface area contributed by atoms with Crippen molar-refractivity contribution in [1.82, 2.24) is 10.1 Å². The molecule has 2 aromatic heterocycles. The summed E-state index contributed by atoms with van der Waals surface area (Å²) in [6.07, 6.45) is 0.612. The van der Waals surface area contributed by atoms with Crippen LogP contribution in [-0.2, 0) is 6.42 Å². The third kappa shape index (κ3) is 2.69. The minimum atomic E-state index is 0.521. The summed E-state index contributed by atoms with van der Waals surface area (Å²) < 4.78 is 5.31. The van der Waals surface area contributed by atoms with Crippen molar-refractivity contribution in [1.29, 1.82) is 0 Å². The lowest BCUT2D eigenvalue weighted by Gasteiger charge is -1.96. The topological polar surface area (TPSA) is 64.9 Å². The van der Waals surface area contributed by atoms with E-state index in [1.807, 2.05) is 37.3 Å². The zero-order valence-electron chi connectivity index (χ0n) is 10.8. The Balaban J connectivity index is 1.83. The average molecular weight is 306 g/mol. The van der Waals surface area contributed by atoms with Crippen LogP contribution in [0.4, 0.5) is 5.00 Å². The van der Waals surface area contributed by atoms with Crippen LogP contribution in [0.15, 0.2) is 34.9 Å². The van der Waals surface area contributed by atoms with E-state index in [0.29, 0.717) is 23.2 Å². The maximum atomic E-state index is 5.86. The van der Waals surface area contributed by atoms with Gasteiger partial charge in [0.15, 0.2) is 5.82 Å². The van der Waals surface area contributed by atoms with Crippen LogP contribution in [0, 0.1) is 6.92 Å². The van der Waals surface area contributed by atoms with E-state index in [2.05, 4.69) is 10.1 Å². The molecule has 3 rings (SSSR count). The molecule has 0 fully saturated rings. The Kier molecular flexibility index (Phi) is 3.46. The van der Waals surface area contributed by atoms with Gasteiger partial charge in [-0.2, -0.15) is 4.98 Å². The number of nitrogens with zero attached hydrogens (tertiary/aromatic N) is 2. The molecule has 0 saturated heterocycles. The van der Waals surface area contributed by atoms with Gasteiger partial charge in [0.1, 0.15) is 0 Å². The van der Waals surface area contributed by atoms with Crippen LogP contribution < -0.4 is 5.73 Å². The number of hydrogen-bond donors (Lipinski definition) is 1. The fraction of sp³-hybridized carbons (Fsp3) is 0.143. The van der Waals surface area contributed by atoms with Gasteiger partial charge in [0.05, 0.1) is 9.88 Å².